The van der Waals surface area contributed by atoms with Gasteiger partial charge in [0, 0.05) is 29.3 Å². The van der Waals surface area contributed by atoms with Gasteiger partial charge in [-0.25, -0.2) is 14.6 Å². The van der Waals surface area contributed by atoms with E-state index < -0.39 is 36.4 Å². The largest absolute Gasteiger partial charge is 0.394 e. The number of nitrogens with zero attached hydrogens (tertiary/aromatic N) is 6. The van der Waals surface area contributed by atoms with Gasteiger partial charge in [0.05, 0.1) is 12.8 Å². The molecule has 0 aromatic carbocycles. The van der Waals surface area contributed by atoms with E-state index in [2.05, 4.69) is 26.3 Å². The molecule has 1 aliphatic rings. The lowest BCUT2D eigenvalue weighted by molar-refractivity contribution is -0.186. The average Bonchev–Trinajstić information content (AvgIpc) is 3.43. The number of thiazole rings is 1. The fourth-order valence-electron chi connectivity index (χ4n) is 3.54. The Balaban J connectivity index is 1.68. The van der Waals surface area contributed by atoms with E-state index in [1.54, 1.807) is 12.4 Å². The van der Waals surface area contributed by atoms with E-state index in [9.17, 15) is 15.5 Å². The number of aryl methyl sites for hydroxylation is 2. The van der Waals surface area contributed by atoms with Crippen LogP contribution >= 0.6 is 23.1 Å². The Hall–Kier alpha value is -2.40. The molecule has 5 unspecified atom stereocenters. The van der Waals surface area contributed by atoms with Crippen molar-refractivity contribution in [1.29, 1.82) is 5.26 Å². The molecule has 2 N–H and O–H groups in total. The van der Waals surface area contributed by atoms with E-state index in [0.29, 0.717) is 10.6 Å². The number of aromatic nitrogens is 5. The summed E-state index contributed by atoms with van der Waals surface area (Å²) in [7, 11) is 1.52. The summed E-state index contributed by atoms with van der Waals surface area (Å²) < 4.78 is 13.2. The summed E-state index contributed by atoms with van der Waals surface area (Å²) in [5.41, 5.74) is 1.99. The molecule has 1 fully saturated rings. The summed E-state index contributed by atoms with van der Waals surface area (Å²) in [6, 6.07) is 3.24. The Morgan fingerprint density at radius 3 is 2.88 bits per heavy atom. The first kappa shape index (κ1) is 22.8. The highest BCUT2D eigenvalue weighted by atomic mass is 32.2. The molecule has 0 radical (unpaired) electrons. The van der Waals surface area contributed by atoms with Crippen molar-refractivity contribution >= 4 is 23.1 Å². The maximum Gasteiger partial charge on any atom is 0.154 e. The van der Waals surface area contributed by atoms with Crippen molar-refractivity contribution in [2.75, 3.05) is 13.7 Å². The Morgan fingerprint density at radius 2 is 2.22 bits per heavy atom. The SMILES string of the molecule is COC1C(Sc2cc(C)cnc2C#N)OC(CO)C(O)C1n1cc(-c2nc(C)cs2)nn1. The number of ether oxygens (including phenoxy) is 2. The van der Waals surface area contributed by atoms with Crippen molar-refractivity contribution < 1.29 is 19.7 Å². The predicted molar refractivity (Wildman–Crippen MR) is 117 cm³/mol. The maximum absolute atomic E-state index is 11.0. The number of nitriles is 1. The highest BCUT2D eigenvalue weighted by molar-refractivity contribution is 7.99. The molecule has 168 valence electrons. The number of pyridine rings is 1. The monoisotopic (exact) mass is 474 g/mol. The summed E-state index contributed by atoms with van der Waals surface area (Å²) >= 11 is 2.72. The van der Waals surface area contributed by atoms with Crippen LogP contribution in [0.4, 0.5) is 0 Å². The maximum atomic E-state index is 11.0. The smallest absolute Gasteiger partial charge is 0.154 e. The minimum atomic E-state index is -1.10. The second-order valence-electron chi connectivity index (χ2n) is 7.37. The van der Waals surface area contributed by atoms with Gasteiger partial charge < -0.3 is 19.7 Å². The molecule has 0 saturated carbocycles. The third-order valence-corrected chi connectivity index (χ3v) is 7.25. The van der Waals surface area contributed by atoms with Gasteiger partial charge in [-0.15, -0.1) is 16.4 Å². The molecule has 0 spiro atoms. The van der Waals surface area contributed by atoms with Crippen LogP contribution in [0.15, 0.2) is 28.7 Å². The van der Waals surface area contributed by atoms with Crippen LogP contribution in [-0.4, -0.2) is 72.6 Å². The van der Waals surface area contributed by atoms with Gasteiger partial charge in [-0.1, -0.05) is 17.0 Å². The van der Waals surface area contributed by atoms with Crippen LogP contribution in [-0.2, 0) is 9.47 Å². The summed E-state index contributed by atoms with van der Waals surface area (Å²) in [5, 5.41) is 41.3. The lowest BCUT2D eigenvalue weighted by atomic mass is 9.97. The summed E-state index contributed by atoms with van der Waals surface area (Å²) in [6.07, 6.45) is 0.701. The van der Waals surface area contributed by atoms with Gasteiger partial charge in [0.15, 0.2) is 5.69 Å². The van der Waals surface area contributed by atoms with Crippen molar-refractivity contribution in [2.24, 2.45) is 0 Å². The van der Waals surface area contributed by atoms with Crippen LogP contribution in [0.25, 0.3) is 10.7 Å². The van der Waals surface area contributed by atoms with Crippen LogP contribution in [0.5, 0.6) is 0 Å². The second-order valence-corrected chi connectivity index (χ2v) is 9.37. The zero-order valence-electron chi connectivity index (χ0n) is 17.6. The third kappa shape index (κ3) is 4.40. The molecule has 1 saturated heterocycles. The number of aliphatic hydroxyl groups excluding tert-OH is 2. The first-order valence-electron chi connectivity index (χ1n) is 9.80. The average molecular weight is 475 g/mol. The lowest BCUT2D eigenvalue weighted by Gasteiger charge is -2.43. The van der Waals surface area contributed by atoms with Gasteiger partial charge in [0.25, 0.3) is 0 Å². The fourth-order valence-corrected chi connectivity index (χ4v) is 5.61. The molecule has 4 rings (SSSR count). The number of thioether (sulfide) groups is 1. The Kier molecular flexibility index (Phi) is 6.85. The highest BCUT2D eigenvalue weighted by Crippen LogP contribution is 2.40. The summed E-state index contributed by atoms with van der Waals surface area (Å²) in [6.45, 7) is 3.39. The van der Waals surface area contributed by atoms with Gasteiger partial charge in [-0.3, -0.25) is 0 Å². The van der Waals surface area contributed by atoms with Gasteiger partial charge in [0.2, 0.25) is 0 Å². The molecule has 12 heteroatoms. The number of hydrogen-bond donors (Lipinski definition) is 2. The van der Waals surface area contributed by atoms with E-state index in [0.717, 1.165) is 16.3 Å². The molecule has 0 amide bonds. The van der Waals surface area contributed by atoms with E-state index in [1.165, 1.54) is 34.9 Å². The molecule has 32 heavy (non-hydrogen) atoms. The minimum Gasteiger partial charge on any atom is -0.394 e. The standard InChI is InChI=1S/C20H22N6O4S2/c1-10-4-15(12(5-21)22-6-10)32-20-18(29-3)16(17(28)14(8-27)30-20)26-7-13(24-25-26)19-23-11(2)9-31-19/h4,6-7,9,14,16-18,20,27-28H,8H2,1-3H3. The second kappa shape index (κ2) is 9.62. The van der Waals surface area contributed by atoms with Crippen molar-refractivity contribution in [3.8, 4) is 16.8 Å². The number of methoxy groups -OCH3 is 1. The molecular weight excluding hydrogens is 452 g/mol. The van der Waals surface area contributed by atoms with Crippen molar-refractivity contribution in [3.05, 3.63) is 40.8 Å². The summed E-state index contributed by atoms with van der Waals surface area (Å²) in [4.78, 5) is 9.23. The molecule has 0 aliphatic carbocycles. The lowest BCUT2D eigenvalue weighted by Crippen LogP contribution is -2.55. The highest BCUT2D eigenvalue weighted by Gasteiger charge is 2.47. The molecule has 1 aliphatic heterocycles. The molecule has 5 atom stereocenters. The van der Waals surface area contributed by atoms with Crippen LogP contribution in [0.1, 0.15) is 23.0 Å². The van der Waals surface area contributed by atoms with Crippen molar-refractivity contribution in [2.45, 2.75) is 48.5 Å². The van der Waals surface area contributed by atoms with Gasteiger partial charge in [0.1, 0.15) is 46.6 Å². The van der Waals surface area contributed by atoms with Gasteiger partial charge >= 0.3 is 0 Å². The van der Waals surface area contributed by atoms with Crippen molar-refractivity contribution in [3.63, 3.8) is 0 Å². The zero-order chi connectivity index (χ0) is 22.8. The van der Waals surface area contributed by atoms with Crippen LogP contribution in [0.3, 0.4) is 0 Å². The Morgan fingerprint density at radius 1 is 1.41 bits per heavy atom. The topological polar surface area (TPSA) is 139 Å². The molecular formula is C20H22N6O4S2. The van der Waals surface area contributed by atoms with Crippen LogP contribution in [0, 0.1) is 25.2 Å². The van der Waals surface area contributed by atoms with Crippen molar-refractivity contribution in [1.82, 2.24) is 25.0 Å². The number of rotatable bonds is 6. The molecule has 10 nitrogen and oxygen atoms in total. The third-order valence-electron chi connectivity index (χ3n) is 5.09. The van der Waals surface area contributed by atoms with Gasteiger partial charge in [-0.2, -0.15) is 5.26 Å². The molecule has 4 heterocycles. The van der Waals surface area contributed by atoms with Crippen LogP contribution in [0.2, 0.25) is 0 Å². The van der Waals surface area contributed by atoms with E-state index >= 15 is 0 Å². The molecule has 0 bridgehead atoms. The van der Waals surface area contributed by atoms with E-state index in [4.69, 9.17) is 9.47 Å². The van der Waals surface area contributed by atoms with Gasteiger partial charge in [-0.05, 0) is 25.5 Å². The fraction of sp³-hybridized carbons (Fsp3) is 0.450. The first-order chi connectivity index (χ1) is 15.4. The van der Waals surface area contributed by atoms with Crippen LogP contribution < -0.4 is 0 Å². The normalized spacial score (nSPS) is 25.6. The van der Waals surface area contributed by atoms with E-state index in [1.807, 2.05) is 25.3 Å². The number of aliphatic hydroxyl groups is 2. The quantitative estimate of drug-likeness (QED) is 0.543. The Labute approximate surface area is 192 Å². The first-order valence-corrected chi connectivity index (χ1v) is 11.6. The summed E-state index contributed by atoms with van der Waals surface area (Å²) in [5.74, 6) is 0. The zero-order valence-corrected chi connectivity index (χ0v) is 19.2. The van der Waals surface area contributed by atoms with E-state index in [-0.39, 0.29) is 5.69 Å². The molecule has 3 aromatic heterocycles. The predicted octanol–water partition coefficient (Wildman–Crippen LogP) is 1.71. The Bertz CT molecular complexity index is 1130. The number of hydrogen-bond acceptors (Lipinski definition) is 11. The molecule has 3 aromatic rings. The minimum absolute atomic E-state index is 0.268.